The molecule has 3 rings (SSSR count). The van der Waals surface area contributed by atoms with Gasteiger partial charge in [-0.2, -0.15) is 0 Å². The van der Waals surface area contributed by atoms with Gasteiger partial charge in [-0.3, -0.25) is 4.98 Å². The first-order valence-electron chi connectivity index (χ1n) is 7.15. The van der Waals surface area contributed by atoms with Gasteiger partial charge in [0.25, 0.3) is 0 Å². The molecule has 2 saturated carbocycles. The van der Waals surface area contributed by atoms with E-state index in [1.165, 1.54) is 25.7 Å². The van der Waals surface area contributed by atoms with Crippen LogP contribution >= 0.6 is 0 Å². The highest BCUT2D eigenvalue weighted by atomic mass is 15.1. The molecule has 2 fully saturated rings. The Balaban J connectivity index is 1.55. The lowest BCUT2D eigenvalue weighted by atomic mass is 9.89. The van der Waals surface area contributed by atoms with E-state index < -0.39 is 0 Å². The second-order valence-corrected chi connectivity index (χ2v) is 5.64. The Hall–Kier alpha value is -1.32. The highest BCUT2D eigenvalue weighted by Gasteiger charge is 2.39. The number of nitrogens with zero attached hydrogens (tertiary/aromatic N) is 2. The van der Waals surface area contributed by atoms with E-state index in [1.807, 2.05) is 6.20 Å². The molecule has 2 N–H and O–H groups in total. The van der Waals surface area contributed by atoms with E-state index in [0.717, 1.165) is 42.5 Å². The number of rotatable bonds is 5. The summed E-state index contributed by atoms with van der Waals surface area (Å²) in [5.41, 5.74) is 0. The molecule has 1 aromatic rings. The van der Waals surface area contributed by atoms with Crippen LogP contribution in [0.2, 0.25) is 0 Å². The maximum Gasteiger partial charge on any atom is 0.146 e. The highest BCUT2D eigenvalue weighted by Crippen LogP contribution is 2.48. The van der Waals surface area contributed by atoms with Crippen LogP contribution in [0.25, 0.3) is 0 Å². The lowest BCUT2D eigenvalue weighted by Gasteiger charge is -2.22. The summed E-state index contributed by atoms with van der Waals surface area (Å²) >= 11 is 0. The van der Waals surface area contributed by atoms with Crippen molar-refractivity contribution in [3.05, 3.63) is 12.4 Å². The van der Waals surface area contributed by atoms with Gasteiger partial charge in [-0.15, -0.1) is 0 Å². The maximum atomic E-state index is 4.50. The van der Waals surface area contributed by atoms with Gasteiger partial charge in [0.2, 0.25) is 0 Å². The Morgan fingerprint density at radius 1 is 1.17 bits per heavy atom. The van der Waals surface area contributed by atoms with Crippen LogP contribution in [0, 0.1) is 17.8 Å². The molecule has 0 aliphatic heterocycles. The molecule has 18 heavy (non-hydrogen) atoms. The average molecular weight is 246 g/mol. The maximum absolute atomic E-state index is 4.50. The summed E-state index contributed by atoms with van der Waals surface area (Å²) in [4.78, 5) is 8.71. The first-order valence-corrected chi connectivity index (χ1v) is 7.15. The van der Waals surface area contributed by atoms with Crippen molar-refractivity contribution >= 4 is 11.6 Å². The zero-order chi connectivity index (χ0) is 12.4. The molecule has 0 spiro atoms. The monoisotopic (exact) mass is 246 g/mol. The molecule has 98 valence electrons. The molecule has 1 aromatic heterocycles. The number of hydrogen-bond donors (Lipinski definition) is 2. The zero-order valence-electron chi connectivity index (χ0n) is 11.0. The van der Waals surface area contributed by atoms with Crippen molar-refractivity contribution < 1.29 is 0 Å². The van der Waals surface area contributed by atoms with E-state index in [2.05, 4.69) is 27.5 Å². The Morgan fingerprint density at radius 3 is 2.67 bits per heavy atom. The first kappa shape index (κ1) is 11.8. The Bertz CT molecular complexity index is 407. The van der Waals surface area contributed by atoms with Crippen LogP contribution in [-0.4, -0.2) is 23.1 Å². The summed E-state index contributed by atoms with van der Waals surface area (Å²) in [6.07, 6.45) is 9.38. The van der Waals surface area contributed by atoms with E-state index in [-0.39, 0.29) is 0 Å². The molecule has 0 saturated heterocycles. The van der Waals surface area contributed by atoms with Gasteiger partial charge in [0.05, 0.1) is 12.4 Å². The summed E-state index contributed by atoms with van der Waals surface area (Å²) in [7, 11) is 0. The molecule has 2 aliphatic rings. The van der Waals surface area contributed by atoms with Crippen molar-refractivity contribution in [3.63, 3.8) is 0 Å². The molecule has 0 aromatic carbocycles. The molecular weight excluding hydrogens is 224 g/mol. The number of hydrogen-bond acceptors (Lipinski definition) is 4. The van der Waals surface area contributed by atoms with E-state index in [1.54, 1.807) is 6.20 Å². The second-order valence-electron chi connectivity index (χ2n) is 5.64. The van der Waals surface area contributed by atoms with Crippen LogP contribution < -0.4 is 10.6 Å². The normalized spacial score (nSPS) is 29.5. The van der Waals surface area contributed by atoms with Crippen molar-refractivity contribution in [2.24, 2.45) is 17.8 Å². The van der Waals surface area contributed by atoms with Crippen LogP contribution in [0.1, 0.15) is 32.6 Å². The second kappa shape index (κ2) is 5.12. The number of nitrogens with one attached hydrogen (secondary N) is 2. The predicted molar refractivity (Wildman–Crippen MR) is 73.6 cm³/mol. The Labute approximate surface area is 109 Å². The van der Waals surface area contributed by atoms with Gasteiger partial charge in [-0.1, -0.05) is 6.42 Å². The fourth-order valence-electron chi connectivity index (χ4n) is 3.58. The van der Waals surface area contributed by atoms with Crippen molar-refractivity contribution in [2.45, 2.75) is 32.6 Å². The largest absolute Gasteiger partial charge is 0.369 e. The van der Waals surface area contributed by atoms with Crippen LogP contribution in [0.15, 0.2) is 12.4 Å². The van der Waals surface area contributed by atoms with Gasteiger partial charge in [-0.05, 0) is 43.9 Å². The topological polar surface area (TPSA) is 49.8 Å². The van der Waals surface area contributed by atoms with Crippen molar-refractivity contribution in [3.8, 4) is 0 Å². The minimum atomic E-state index is 0.855. The summed E-state index contributed by atoms with van der Waals surface area (Å²) in [5, 5.41) is 6.65. The Morgan fingerprint density at radius 2 is 2.00 bits per heavy atom. The molecule has 0 amide bonds. The van der Waals surface area contributed by atoms with Gasteiger partial charge < -0.3 is 10.6 Å². The summed E-state index contributed by atoms with van der Waals surface area (Å²) in [6, 6.07) is 0. The van der Waals surface area contributed by atoms with E-state index >= 15 is 0 Å². The van der Waals surface area contributed by atoms with E-state index in [9.17, 15) is 0 Å². The summed E-state index contributed by atoms with van der Waals surface area (Å²) < 4.78 is 0. The van der Waals surface area contributed by atoms with Crippen LogP contribution in [0.3, 0.4) is 0 Å². The number of fused-ring (bicyclic) bond motifs is 2. The van der Waals surface area contributed by atoms with Crippen LogP contribution in [-0.2, 0) is 0 Å². The lowest BCUT2D eigenvalue weighted by molar-refractivity contribution is 0.348. The van der Waals surface area contributed by atoms with Gasteiger partial charge >= 0.3 is 0 Å². The third-order valence-corrected chi connectivity index (χ3v) is 4.42. The molecule has 4 nitrogen and oxygen atoms in total. The molecule has 3 unspecified atom stereocenters. The van der Waals surface area contributed by atoms with Gasteiger partial charge in [-0.25, -0.2) is 4.98 Å². The molecule has 2 aliphatic carbocycles. The fourth-order valence-corrected chi connectivity index (χ4v) is 3.58. The Kier molecular flexibility index (Phi) is 3.35. The summed E-state index contributed by atoms with van der Waals surface area (Å²) in [6.45, 7) is 4.01. The van der Waals surface area contributed by atoms with Crippen molar-refractivity contribution in [1.82, 2.24) is 9.97 Å². The van der Waals surface area contributed by atoms with E-state index in [0.29, 0.717) is 0 Å². The van der Waals surface area contributed by atoms with Crippen molar-refractivity contribution in [1.29, 1.82) is 0 Å². The molecule has 2 bridgehead atoms. The quantitative estimate of drug-likeness (QED) is 0.838. The molecular formula is C14H22N4. The SMILES string of the molecule is CCNc1cncc(NCC2CC3CCC2C3)n1. The smallest absolute Gasteiger partial charge is 0.146 e. The number of anilines is 2. The fraction of sp³-hybridized carbons (Fsp3) is 0.714. The minimum Gasteiger partial charge on any atom is -0.369 e. The lowest BCUT2D eigenvalue weighted by Crippen LogP contribution is -2.20. The van der Waals surface area contributed by atoms with Gasteiger partial charge in [0.1, 0.15) is 11.6 Å². The third kappa shape index (κ3) is 2.42. The zero-order valence-corrected chi connectivity index (χ0v) is 11.0. The molecule has 1 heterocycles. The first-order chi connectivity index (χ1) is 8.85. The third-order valence-electron chi connectivity index (χ3n) is 4.42. The van der Waals surface area contributed by atoms with Gasteiger partial charge in [0, 0.05) is 13.1 Å². The van der Waals surface area contributed by atoms with Crippen LogP contribution in [0.4, 0.5) is 11.6 Å². The standard InChI is InChI=1S/C14H22N4/c1-2-16-13-8-15-9-14(18-13)17-7-12-6-10-3-4-11(12)5-10/h8-12H,2-7H2,1H3,(H2,16,17,18). The molecule has 0 radical (unpaired) electrons. The minimum absolute atomic E-state index is 0.855. The summed E-state index contributed by atoms with van der Waals surface area (Å²) in [5.74, 6) is 4.59. The number of aromatic nitrogens is 2. The predicted octanol–water partition coefficient (Wildman–Crippen LogP) is 2.76. The molecule has 4 heteroatoms. The van der Waals surface area contributed by atoms with E-state index in [4.69, 9.17) is 0 Å². The highest BCUT2D eigenvalue weighted by molar-refractivity contribution is 5.41. The van der Waals surface area contributed by atoms with Gasteiger partial charge in [0.15, 0.2) is 0 Å². The average Bonchev–Trinajstić information content (AvgIpc) is 2.99. The molecule has 3 atom stereocenters. The van der Waals surface area contributed by atoms with Crippen LogP contribution in [0.5, 0.6) is 0 Å². The van der Waals surface area contributed by atoms with Crippen molar-refractivity contribution in [2.75, 3.05) is 23.7 Å².